The van der Waals surface area contributed by atoms with Crippen LogP contribution in [0.5, 0.6) is 0 Å². The minimum absolute atomic E-state index is 0. The average Bonchev–Trinajstić information content (AvgIpc) is 3.71. The second-order valence-corrected chi connectivity index (χ2v) is 15.7. The summed E-state index contributed by atoms with van der Waals surface area (Å²) < 4.78 is 2.31. The van der Waals surface area contributed by atoms with Gasteiger partial charge in [0.25, 0.3) is 0 Å². The van der Waals surface area contributed by atoms with Crippen LogP contribution in [0.4, 0.5) is 17.1 Å². The largest absolute Gasteiger partial charge is 2.00 e. The number of rotatable bonds is 8. The molecule has 0 bridgehead atoms. The van der Waals surface area contributed by atoms with Gasteiger partial charge in [-0.2, -0.15) is 47.5 Å². The minimum atomic E-state index is -0.361. The standard InChI is InChI=1S/C48H48N4.Pt/c1-31(2)38-18-14-19-39(32(3)4)47(38)34-25-26-49-46(27-34)52-42-20-10-9-17-40(42)41-24-23-36(29-45(41)52)48(7,8)35-15-13-16-37(28-35)51-30-50(33(5)6)43-21-11-12-22-44(43)51;/h9-27,31-33H,30H2,1-8H3;/q-2;+2. The molecule has 0 saturated heterocycles. The Hall–Kier alpha value is -4.66. The molecule has 0 unspecified atom stereocenters. The van der Waals surface area contributed by atoms with E-state index in [9.17, 15) is 0 Å². The van der Waals surface area contributed by atoms with E-state index >= 15 is 0 Å². The Kier molecular flexibility index (Phi) is 9.89. The molecule has 1 aliphatic rings. The molecule has 53 heavy (non-hydrogen) atoms. The van der Waals surface area contributed by atoms with E-state index in [2.05, 4.69) is 191 Å². The fourth-order valence-electron chi connectivity index (χ4n) is 8.09. The van der Waals surface area contributed by atoms with Crippen molar-refractivity contribution in [3.8, 4) is 16.9 Å². The number of fused-ring (bicyclic) bond motifs is 4. The van der Waals surface area contributed by atoms with E-state index < -0.39 is 0 Å². The second-order valence-electron chi connectivity index (χ2n) is 15.7. The van der Waals surface area contributed by atoms with Gasteiger partial charge in [-0.05, 0) is 89.1 Å². The molecule has 0 spiro atoms. The van der Waals surface area contributed by atoms with E-state index in [0.717, 1.165) is 40.3 Å². The van der Waals surface area contributed by atoms with Crippen molar-refractivity contribution in [1.82, 2.24) is 9.55 Å². The Balaban J connectivity index is 0.00000435. The number of hydrogen-bond donors (Lipinski definition) is 0. The fourth-order valence-corrected chi connectivity index (χ4v) is 8.09. The Morgan fingerprint density at radius 1 is 0.660 bits per heavy atom. The molecule has 270 valence electrons. The average molecular weight is 876 g/mol. The molecule has 1 aliphatic heterocycles. The van der Waals surface area contributed by atoms with Gasteiger partial charge in [0.05, 0.1) is 18.0 Å². The van der Waals surface area contributed by atoms with Crippen molar-refractivity contribution in [3.05, 3.63) is 150 Å². The van der Waals surface area contributed by atoms with Crippen molar-refractivity contribution in [2.24, 2.45) is 0 Å². The van der Waals surface area contributed by atoms with Gasteiger partial charge in [-0.15, -0.1) is 11.5 Å². The summed E-state index contributed by atoms with van der Waals surface area (Å²) in [5.74, 6) is 1.71. The van der Waals surface area contributed by atoms with Crippen LogP contribution in [0, 0.1) is 12.1 Å². The normalized spacial score (nSPS) is 13.1. The van der Waals surface area contributed by atoms with Crippen LogP contribution in [-0.4, -0.2) is 22.3 Å². The van der Waals surface area contributed by atoms with Gasteiger partial charge in [-0.25, -0.2) is 4.98 Å². The van der Waals surface area contributed by atoms with Gasteiger partial charge in [0.15, 0.2) is 0 Å². The Labute approximate surface area is 329 Å². The van der Waals surface area contributed by atoms with Crippen LogP contribution in [-0.2, 0) is 26.5 Å². The second kappa shape index (κ2) is 14.3. The van der Waals surface area contributed by atoms with E-state index in [4.69, 9.17) is 4.98 Å². The zero-order valence-electron chi connectivity index (χ0n) is 32.0. The first-order chi connectivity index (χ1) is 25.0. The molecule has 7 aromatic rings. The fraction of sp³-hybridized carbons (Fsp3) is 0.271. The van der Waals surface area contributed by atoms with Crippen LogP contribution >= 0.6 is 0 Å². The zero-order chi connectivity index (χ0) is 36.3. The maximum Gasteiger partial charge on any atom is 2.00 e. The molecule has 5 heteroatoms. The van der Waals surface area contributed by atoms with E-state index in [-0.39, 0.29) is 26.5 Å². The molecule has 0 atom stereocenters. The van der Waals surface area contributed by atoms with E-state index in [1.807, 2.05) is 6.20 Å². The van der Waals surface area contributed by atoms with Crippen molar-refractivity contribution in [2.75, 3.05) is 16.5 Å². The number of nitrogens with zero attached hydrogens (tertiary/aromatic N) is 4. The van der Waals surface area contributed by atoms with Gasteiger partial charge in [0.2, 0.25) is 0 Å². The van der Waals surface area contributed by atoms with Crippen LogP contribution < -0.4 is 9.80 Å². The minimum Gasteiger partial charge on any atom is -0.349 e. The summed E-state index contributed by atoms with van der Waals surface area (Å²) in [5.41, 5.74) is 12.9. The SMILES string of the molecule is CC(C)c1cccc(C(C)C)c1-c1ccnc(-n2c3[c-]c(C(C)(C)c4[c-]c(N5CN(C(C)C)c6ccccc65)ccc4)ccc3c3ccccc32)c1.[Pt+2]. The van der Waals surface area contributed by atoms with Crippen LogP contribution in [0.25, 0.3) is 38.8 Å². The number of pyridine rings is 1. The van der Waals surface area contributed by atoms with E-state index in [1.54, 1.807) is 0 Å². The zero-order valence-corrected chi connectivity index (χ0v) is 34.3. The molecule has 5 aromatic carbocycles. The first-order valence-electron chi connectivity index (χ1n) is 18.8. The van der Waals surface area contributed by atoms with Crippen molar-refractivity contribution < 1.29 is 21.1 Å². The van der Waals surface area contributed by atoms with Gasteiger partial charge < -0.3 is 14.4 Å². The van der Waals surface area contributed by atoms with E-state index in [1.165, 1.54) is 44.4 Å². The Morgan fingerprint density at radius 3 is 2.04 bits per heavy atom. The summed E-state index contributed by atoms with van der Waals surface area (Å²) >= 11 is 0. The number of anilines is 3. The molecule has 4 nitrogen and oxygen atoms in total. The van der Waals surface area contributed by atoms with Gasteiger partial charge in [0.1, 0.15) is 5.82 Å². The van der Waals surface area contributed by atoms with Crippen LogP contribution in [0.3, 0.4) is 0 Å². The third-order valence-electron chi connectivity index (χ3n) is 11.0. The molecule has 0 aliphatic carbocycles. The Bertz CT molecular complexity index is 2410. The monoisotopic (exact) mass is 875 g/mol. The van der Waals surface area contributed by atoms with Crippen LogP contribution in [0.2, 0.25) is 0 Å². The molecule has 0 amide bonds. The van der Waals surface area contributed by atoms with Crippen molar-refractivity contribution in [3.63, 3.8) is 0 Å². The first kappa shape index (κ1) is 36.7. The summed E-state index contributed by atoms with van der Waals surface area (Å²) in [6, 6.07) is 47.9. The molecule has 0 saturated carbocycles. The van der Waals surface area contributed by atoms with E-state index in [0.29, 0.717) is 17.9 Å². The number of aromatic nitrogens is 2. The third kappa shape index (κ3) is 6.29. The van der Waals surface area contributed by atoms with Crippen molar-refractivity contribution in [1.29, 1.82) is 0 Å². The molecule has 3 heterocycles. The topological polar surface area (TPSA) is 24.3 Å². The quantitative estimate of drug-likeness (QED) is 0.142. The molecule has 0 N–H and O–H groups in total. The smallest absolute Gasteiger partial charge is 0.349 e. The van der Waals surface area contributed by atoms with Gasteiger partial charge in [-0.1, -0.05) is 101 Å². The molecule has 8 rings (SSSR count). The summed E-state index contributed by atoms with van der Waals surface area (Å²) in [5, 5.41) is 2.37. The summed E-state index contributed by atoms with van der Waals surface area (Å²) in [6.07, 6.45) is 1.97. The van der Waals surface area contributed by atoms with Crippen LogP contribution in [0.1, 0.15) is 89.5 Å². The number of hydrogen-bond acceptors (Lipinski definition) is 3. The number of benzene rings is 5. The number of para-hydroxylation sites is 3. The molecule has 0 radical (unpaired) electrons. The van der Waals surface area contributed by atoms with Crippen molar-refractivity contribution >= 4 is 38.9 Å². The Morgan fingerprint density at radius 2 is 1.32 bits per heavy atom. The van der Waals surface area contributed by atoms with Gasteiger partial charge in [0, 0.05) is 17.8 Å². The van der Waals surface area contributed by atoms with Gasteiger partial charge in [-0.3, -0.25) is 0 Å². The summed E-state index contributed by atoms with van der Waals surface area (Å²) in [6.45, 7) is 19.0. The molecular formula is C48H48N4Pt. The first-order valence-corrected chi connectivity index (χ1v) is 18.8. The molecular weight excluding hydrogens is 828 g/mol. The third-order valence-corrected chi connectivity index (χ3v) is 11.0. The van der Waals surface area contributed by atoms with Crippen molar-refractivity contribution in [2.45, 2.75) is 78.7 Å². The van der Waals surface area contributed by atoms with Gasteiger partial charge >= 0.3 is 21.1 Å². The summed E-state index contributed by atoms with van der Waals surface area (Å²) in [7, 11) is 0. The maximum absolute atomic E-state index is 5.03. The maximum atomic E-state index is 5.03. The molecule has 2 aromatic heterocycles. The van der Waals surface area contributed by atoms with Crippen LogP contribution in [0.15, 0.2) is 115 Å². The molecule has 0 fully saturated rings. The summed E-state index contributed by atoms with van der Waals surface area (Å²) in [4.78, 5) is 9.87. The predicted octanol–water partition coefficient (Wildman–Crippen LogP) is 12.3. The predicted molar refractivity (Wildman–Crippen MR) is 219 cm³/mol.